The average Bonchev–Trinajstić information content (AvgIpc) is 2.65. The Bertz CT molecular complexity index is 1070. The molecule has 0 saturated heterocycles. The second-order valence-corrected chi connectivity index (χ2v) is 5.37. The van der Waals surface area contributed by atoms with Gasteiger partial charge in [0.05, 0.1) is 16.6 Å². The quantitative estimate of drug-likeness (QED) is 0.576. The third-order valence-electron chi connectivity index (χ3n) is 3.84. The highest BCUT2D eigenvalue weighted by Gasteiger charge is 2.12. The zero-order valence-corrected chi connectivity index (χ0v) is 12.6. The van der Waals surface area contributed by atoms with Crippen molar-refractivity contribution < 1.29 is 5.21 Å². The second-order valence-electron chi connectivity index (χ2n) is 5.37. The topological polar surface area (TPSA) is 68.0 Å². The van der Waals surface area contributed by atoms with Gasteiger partial charge in [0.1, 0.15) is 0 Å². The van der Waals surface area contributed by atoms with Gasteiger partial charge in [-0.2, -0.15) is 0 Å². The number of nitrogens with zero attached hydrogens (tertiary/aromatic N) is 3. The highest BCUT2D eigenvalue weighted by molar-refractivity contribution is 5.82. The molecule has 4 aromatic rings. The van der Waals surface area contributed by atoms with Crippen molar-refractivity contribution in [3.63, 3.8) is 0 Å². The molecule has 1 N–H and O–H groups in total. The number of benzene rings is 2. The van der Waals surface area contributed by atoms with Crippen LogP contribution >= 0.6 is 0 Å². The summed E-state index contributed by atoms with van der Waals surface area (Å²) < 4.78 is 0.642. The number of hydrogen-bond acceptors (Lipinski definition) is 4. The summed E-state index contributed by atoms with van der Waals surface area (Å²) in [5.41, 5.74) is 1.96. The van der Waals surface area contributed by atoms with Crippen molar-refractivity contribution in [2.75, 3.05) is 0 Å². The summed E-state index contributed by atoms with van der Waals surface area (Å²) in [6, 6.07) is 20.5. The summed E-state index contributed by atoms with van der Waals surface area (Å²) in [5.74, 6) is 0.539. The molecule has 0 radical (unpaired) electrons. The Morgan fingerprint density at radius 2 is 1.50 bits per heavy atom. The fourth-order valence-corrected chi connectivity index (χ4v) is 2.62. The van der Waals surface area contributed by atoms with Gasteiger partial charge in [0.2, 0.25) is 0 Å². The number of aromatic nitrogens is 3. The van der Waals surface area contributed by atoms with Crippen LogP contribution in [0.5, 0.6) is 0 Å². The summed E-state index contributed by atoms with van der Waals surface area (Å²) in [6.07, 6.45) is 1.45. The molecule has 0 spiro atoms. The first kappa shape index (κ1) is 14.1. The molecule has 4 rings (SSSR count). The monoisotopic (exact) mass is 315 g/mol. The van der Waals surface area contributed by atoms with Crippen LogP contribution in [-0.2, 0) is 0 Å². The predicted octanol–water partition coefficient (Wildman–Crippen LogP) is 3.36. The minimum atomic E-state index is -0.536. The Morgan fingerprint density at radius 1 is 0.875 bits per heavy atom. The van der Waals surface area contributed by atoms with E-state index in [9.17, 15) is 10.0 Å². The lowest BCUT2D eigenvalue weighted by molar-refractivity contribution is 0.181. The van der Waals surface area contributed by atoms with Gasteiger partial charge in [0.15, 0.2) is 5.82 Å². The Labute approximate surface area is 137 Å². The van der Waals surface area contributed by atoms with Crippen LogP contribution in [0.2, 0.25) is 0 Å². The molecule has 116 valence electrons. The van der Waals surface area contributed by atoms with Crippen molar-refractivity contribution >= 4 is 10.9 Å². The summed E-state index contributed by atoms with van der Waals surface area (Å²) in [4.78, 5) is 21.1. The van der Waals surface area contributed by atoms with E-state index in [1.807, 2.05) is 60.7 Å². The van der Waals surface area contributed by atoms with Crippen molar-refractivity contribution in [1.82, 2.24) is 14.7 Å². The van der Waals surface area contributed by atoms with E-state index >= 15 is 0 Å². The molecule has 5 heteroatoms. The molecular formula is C19H13N3O2. The van der Waals surface area contributed by atoms with Crippen LogP contribution in [0.1, 0.15) is 0 Å². The first-order valence-electron chi connectivity index (χ1n) is 7.47. The van der Waals surface area contributed by atoms with Crippen LogP contribution in [0.4, 0.5) is 0 Å². The molecule has 5 nitrogen and oxygen atoms in total. The number of hydrogen-bond donors (Lipinski definition) is 1. The van der Waals surface area contributed by atoms with Gasteiger partial charge in [0.25, 0.3) is 5.56 Å². The van der Waals surface area contributed by atoms with Gasteiger partial charge in [-0.25, -0.2) is 9.97 Å². The van der Waals surface area contributed by atoms with E-state index in [0.717, 1.165) is 11.1 Å². The summed E-state index contributed by atoms with van der Waals surface area (Å²) >= 11 is 0. The molecule has 0 unspecified atom stereocenters. The van der Waals surface area contributed by atoms with Gasteiger partial charge >= 0.3 is 0 Å². The fourth-order valence-electron chi connectivity index (χ4n) is 2.62. The number of rotatable bonds is 2. The largest absolute Gasteiger partial charge is 0.425 e. The molecule has 0 fully saturated rings. The lowest BCUT2D eigenvalue weighted by atomic mass is 10.1. The first-order chi connectivity index (χ1) is 11.7. The Balaban J connectivity index is 1.97. The minimum Gasteiger partial charge on any atom is -0.425 e. The predicted molar refractivity (Wildman–Crippen MR) is 91.9 cm³/mol. The smallest absolute Gasteiger partial charge is 0.294 e. The first-order valence-corrected chi connectivity index (χ1v) is 7.47. The Hall–Kier alpha value is -3.47. The van der Waals surface area contributed by atoms with Crippen molar-refractivity contribution in [2.45, 2.75) is 0 Å². The number of pyridine rings is 1. The fraction of sp³-hybridized carbons (Fsp3) is 0. The third kappa shape index (κ3) is 2.32. The van der Waals surface area contributed by atoms with Crippen molar-refractivity contribution in [1.29, 1.82) is 0 Å². The van der Waals surface area contributed by atoms with E-state index in [1.165, 1.54) is 6.20 Å². The van der Waals surface area contributed by atoms with Gasteiger partial charge in [0, 0.05) is 17.3 Å². The molecule has 2 aromatic heterocycles. The van der Waals surface area contributed by atoms with Gasteiger partial charge in [-0.05, 0) is 6.07 Å². The van der Waals surface area contributed by atoms with Crippen LogP contribution < -0.4 is 5.56 Å². The normalized spacial score (nSPS) is 10.8. The van der Waals surface area contributed by atoms with E-state index in [1.54, 1.807) is 6.07 Å². The Morgan fingerprint density at radius 3 is 2.17 bits per heavy atom. The van der Waals surface area contributed by atoms with Gasteiger partial charge in [-0.3, -0.25) is 4.79 Å². The van der Waals surface area contributed by atoms with Gasteiger partial charge < -0.3 is 5.21 Å². The maximum Gasteiger partial charge on any atom is 0.294 e. The average molecular weight is 315 g/mol. The Kier molecular flexibility index (Phi) is 3.31. The highest BCUT2D eigenvalue weighted by Crippen LogP contribution is 2.22. The zero-order chi connectivity index (χ0) is 16.5. The molecule has 0 atom stereocenters. The third-order valence-corrected chi connectivity index (χ3v) is 3.84. The minimum absolute atomic E-state index is 0.275. The summed E-state index contributed by atoms with van der Waals surface area (Å²) in [7, 11) is 0. The van der Waals surface area contributed by atoms with E-state index < -0.39 is 5.56 Å². The van der Waals surface area contributed by atoms with Gasteiger partial charge in [-0.1, -0.05) is 60.7 Å². The molecule has 24 heavy (non-hydrogen) atoms. The summed E-state index contributed by atoms with van der Waals surface area (Å²) in [6.45, 7) is 0. The van der Waals surface area contributed by atoms with Crippen molar-refractivity contribution in [3.8, 4) is 22.6 Å². The van der Waals surface area contributed by atoms with E-state index in [4.69, 9.17) is 0 Å². The van der Waals surface area contributed by atoms with Crippen LogP contribution in [-0.4, -0.2) is 19.9 Å². The summed E-state index contributed by atoms with van der Waals surface area (Å²) in [5, 5.41) is 10.5. The molecule has 0 aliphatic carbocycles. The molecule has 0 amide bonds. The lowest BCUT2D eigenvalue weighted by Crippen LogP contribution is -2.20. The van der Waals surface area contributed by atoms with Crippen LogP contribution in [0.15, 0.2) is 77.7 Å². The van der Waals surface area contributed by atoms with Crippen LogP contribution in [0.3, 0.4) is 0 Å². The molecular weight excluding hydrogens is 302 g/mol. The van der Waals surface area contributed by atoms with E-state index in [-0.39, 0.29) is 5.39 Å². The SMILES string of the molecule is O=c1c2cnc(-c3ccccc3)nc2cc(-c2ccccc2)n1O. The molecule has 0 bridgehead atoms. The maximum atomic E-state index is 12.4. The second kappa shape index (κ2) is 5.62. The molecule has 2 heterocycles. The standard InChI is InChI=1S/C19H13N3O2/c23-19-15-12-20-18(14-9-5-2-6-10-14)21-16(15)11-17(22(19)24)13-7-3-1-4-8-13/h1-12,24H. The molecule has 0 aliphatic heterocycles. The molecule has 0 saturated carbocycles. The zero-order valence-electron chi connectivity index (χ0n) is 12.6. The number of fused-ring (bicyclic) bond motifs is 1. The lowest BCUT2D eigenvalue weighted by Gasteiger charge is -2.09. The van der Waals surface area contributed by atoms with Gasteiger partial charge in [-0.15, -0.1) is 4.73 Å². The molecule has 0 aliphatic rings. The highest BCUT2D eigenvalue weighted by atomic mass is 16.5. The van der Waals surface area contributed by atoms with Crippen molar-refractivity contribution in [3.05, 3.63) is 83.3 Å². The van der Waals surface area contributed by atoms with Crippen LogP contribution in [0.25, 0.3) is 33.5 Å². The van der Waals surface area contributed by atoms with E-state index in [2.05, 4.69) is 9.97 Å². The van der Waals surface area contributed by atoms with E-state index in [0.29, 0.717) is 21.8 Å². The maximum absolute atomic E-state index is 12.4. The van der Waals surface area contributed by atoms with Crippen molar-refractivity contribution in [2.24, 2.45) is 0 Å². The van der Waals surface area contributed by atoms with Crippen LogP contribution in [0, 0.1) is 0 Å². The molecule has 2 aromatic carbocycles.